The van der Waals surface area contributed by atoms with Gasteiger partial charge in [-0.15, -0.1) is 0 Å². The molecule has 2 N–H and O–H groups in total. The first-order chi connectivity index (χ1) is 15.6. The predicted molar refractivity (Wildman–Crippen MR) is 131 cm³/mol. The lowest BCUT2D eigenvalue weighted by atomic mass is 9.96. The van der Waals surface area contributed by atoms with Crippen LogP contribution in [0.3, 0.4) is 0 Å². The summed E-state index contributed by atoms with van der Waals surface area (Å²) in [6.45, 7) is 12.2. The van der Waals surface area contributed by atoms with Crippen LogP contribution in [-0.4, -0.2) is 43.8 Å². The zero-order chi connectivity index (χ0) is 25.7. The fourth-order valence-electron chi connectivity index (χ4n) is 3.78. The molecule has 0 aromatic heterocycles. The van der Waals surface area contributed by atoms with Crippen molar-refractivity contribution in [1.82, 2.24) is 10.0 Å². The average Bonchev–Trinajstić information content (AvgIpc) is 2.66. The summed E-state index contributed by atoms with van der Waals surface area (Å²) in [5, 5.41) is 2.59. The summed E-state index contributed by atoms with van der Waals surface area (Å²) in [5.74, 6) is -0.619. The highest BCUT2D eigenvalue weighted by Crippen LogP contribution is 2.22. The highest BCUT2D eigenvalue weighted by Gasteiger charge is 2.30. The molecule has 34 heavy (non-hydrogen) atoms. The number of carbonyl (C=O) groups is 2. The number of nitrogens with one attached hydrogen (secondary N) is 2. The molecular formula is C25H40N2O6S. The molecule has 1 aliphatic carbocycles. The van der Waals surface area contributed by atoms with Crippen LogP contribution in [-0.2, 0) is 30.7 Å². The zero-order valence-electron chi connectivity index (χ0n) is 21.5. The standard InChI is InChI=1S/C25H40N2O6S/c1-17-13-14-20(34(30,31)27-19-11-9-8-10-12-19)15-18(17)16-21(22(28)32-24(2,3)4)26-23(29)33-25(5,6)7/h13-15,19,21,27H,8-12,16H2,1-7H3,(H,26,29)/t21-/m0/s1. The molecule has 1 amide bonds. The molecule has 1 aromatic rings. The molecule has 1 aromatic carbocycles. The van der Waals surface area contributed by atoms with Crippen LogP contribution >= 0.6 is 0 Å². The molecule has 0 spiro atoms. The lowest BCUT2D eigenvalue weighted by molar-refractivity contribution is -0.157. The summed E-state index contributed by atoms with van der Waals surface area (Å²) in [6.07, 6.45) is 4.14. The first-order valence-electron chi connectivity index (χ1n) is 11.9. The first kappa shape index (κ1) is 28.1. The number of ether oxygens (including phenoxy) is 2. The number of hydrogen-bond acceptors (Lipinski definition) is 6. The van der Waals surface area contributed by atoms with Gasteiger partial charge in [0.15, 0.2) is 0 Å². The van der Waals surface area contributed by atoms with Crippen molar-refractivity contribution in [2.45, 2.75) is 115 Å². The number of amides is 1. The molecule has 2 rings (SSSR count). The SMILES string of the molecule is Cc1ccc(S(=O)(=O)NC2CCCCC2)cc1C[C@H](NC(=O)OC(C)(C)C)C(=O)OC(C)(C)C. The summed E-state index contributed by atoms with van der Waals surface area (Å²) in [5.41, 5.74) is -0.0681. The van der Waals surface area contributed by atoms with Crippen molar-refractivity contribution in [3.63, 3.8) is 0 Å². The van der Waals surface area contributed by atoms with E-state index in [0.29, 0.717) is 5.56 Å². The van der Waals surface area contributed by atoms with Crippen LogP contribution in [0.4, 0.5) is 4.79 Å². The molecule has 0 unspecified atom stereocenters. The van der Waals surface area contributed by atoms with Crippen LogP contribution in [0.15, 0.2) is 23.1 Å². The Morgan fingerprint density at radius 1 is 1.00 bits per heavy atom. The fourth-order valence-corrected chi connectivity index (χ4v) is 5.13. The van der Waals surface area contributed by atoms with E-state index < -0.39 is 39.3 Å². The van der Waals surface area contributed by atoms with Crippen molar-refractivity contribution in [3.8, 4) is 0 Å². The number of esters is 1. The monoisotopic (exact) mass is 496 g/mol. The zero-order valence-corrected chi connectivity index (χ0v) is 22.3. The number of hydrogen-bond donors (Lipinski definition) is 2. The fraction of sp³-hybridized carbons (Fsp3) is 0.680. The third-order valence-corrected chi connectivity index (χ3v) is 6.88. The number of rotatable bonds is 7. The second-order valence-corrected chi connectivity index (χ2v) is 12.7. The number of alkyl carbamates (subject to hydrolysis) is 1. The number of carbonyl (C=O) groups excluding carboxylic acids is 2. The Hall–Kier alpha value is -2.13. The van der Waals surface area contributed by atoms with E-state index in [1.807, 2.05) is 6.92 Å². The molecule has 0 radical (unpaired) electrons. The van der Waals surface area contributed by atoms with Crippen LogP contribution in [0, 0.1) is 6.92 Å². The molecule has 9 heteroatoms. The molecular weight excluding hydrogens is 456 g/mol. The van der Waals surface area contributed by atoms with Gasteiger partial charge in [-0.25, -0.2) is 22.7 Å². The minimum Gasteiger partial charge on any atom is -0.458 e. The van der Waals surface area contributed by atoms with Gasteiger partial charge in [0.25, 0.3) is 0 Å². The largest absolute Gasteiger partial charge is 0.458 e. The molecule has 8 nitrogen and oxygen atoms in total. The van der Waals surface area contributed by atoms with Gasteiger partial charge < -0.3 is 14.8 Å². The molecule has 0 saturated heterocycles. The van der Waals surface area contributed by atoms with Crippen molar-refractivity contribution in [1.29, 1.82) is 0 Å². The maximum atomic E-state index is 13.0. The maximum Gasteiger partial charge on any atom is 0.408 e. The van der Waals surface area contributed by atoms with Gasteiger partial charge in [0, 0.05) is 12.5 Å². The van der Waals surface area contributed by atoms with Gasteiger partial charge in [0.05, 0.1) is 4.90 Å². The van der Waals surface area contributed by atoms with E-state index in [1.54, 1.807) is 59.7 Å². The number of aryl methyl sites for hydroxylation is 1. The van der Waals surface area contributed by atoms with E-state index in [0.717, 1.165) is 37.7 Å². The number of benzene rings is 1. The Kier molecular flexibility index (Phi) is 9.16. The molecule has 1 saturated carbocycles. The first-order valence-corrected chi connectivity index (χ1v) is 13.4. The van der Waals surface area contributed by atoms with E-state index in [2.05, 4.69) is 10.0 Å². The van der Waals surface area contributed by atoms with Crippen molar-refractivity contribution in [2.75, 3.05) is 0 Å². The minimum absolute atomic E-state index is 0.0623. The van der Waals surface area contributed by atoms with E-state index >= 15 is 0 Å². The topological polar surface area (TPSA) is 111 Å². The van der Waals surface area contributed by atoms with Gasteiger partial charge in [-0.05, 0) is 84.6 Å². The average molecular weight is 497 g/mol. The third-order valence-electron chi connectivity index (χ3n) is 5.36. The van der Waals surface area contributed by atoms with Gasteiger partial charge in [-0.2, -0.15) is 0 Å². The summed E-state index contributed by atoms with van der Waals surface area (Å²) >= 11 is 0. The van der Waals surface area contributed by atoms with Crippen molar-refractivity contribution < 1.29 is 27.5 Å². The summed E-state index contributed by atoms with van der Waals surface area (Å²) in [4.78, 5) is 25.4. The quantitative estimate of drug-likeness (QED) is 0.542. The second kappa shape index (κ2) is 11.1. The smallest absolute Gasteiger partial charge is 0.408 e. The van der Waals surface area contributed by atoms with Gasteiger partial charge >= 0.3 is 12.1 Å². The molecule has 192 valence electrons. The van der Waals surface area contributed by atoms with Gasteiger partial charge in [0.1, 0.15) is 17.2 Å². The van der Waals surface area contributed by atoms with Gasteiger partial charge in [0.2, 0.25) is 10.0 Å². The Balaban J connectivity index is 2.28. The van der Waals surface area contributed by atoms with E-state index in [1.165, 1.54) is 0 Å². The Morgan fingerprint density at radius 3 is 2.15 bits per heavy atom. The minimum atomic E-state index is -3.71. The molecule has 1 aliphatic rings. The third kappa shape index (κ3) is 9.25. The molecule has 0 heterocycles. The van der Waals surface area contributed by atoms with Crippen molar-refractivity contribution in [2.24, 2.45) is 0 Å². The Labute approximate surface area is 204 Å². The summed E-state index contributed by atoms with van der Waals surface area (Å²) < 4.78 is 39.7. The molecule has 0 bridgehead atoms. The summed E-state index contributed by atoms with van der Waals surface area (Å²) in [6, 6.07) is 3.73. The Bertz CT molecular complexity index is 970. The van der Waals surface area contributed by atoms with E-state index in [-0.39, 0.29) is 17.4 Å². The van der Waals surface area contributed by atoms with Crippen LogP contribution in [0.5, 0.6) is 0 Å². The van der Waals surface area contributed by atoms with Crippen LogP contribution in [0.25, 0.3) is 0 Å². The van der Waals surface area contributed by atoms with E-state index in [4.69, 9.17) is 9.47 Å². The lowest BCUT2D eigenvalue weighted by Gasteiger charge is -2.27. The number of sulfonamides is 1. The normalized spacial score (nSPS) is 16.6. The van der Waals surface area contributed by atoms with Crippen LogP contribution in [0.1, 0.15) is 84.8 Å². The molecule has 1 atom stereocenters. The van der Waals surface area contributed by atoms with E-state index in [9.17, 15) is 18.0 Å². The molecule has 0 aliphatic heterocycles. The second-order valence-electron chi connectivity index (χ2n) is 11.0. The highest BCUT2D eigenvalue weighted by molar-refractivity contribution is 7.89. The summed E-state index contributed by atoms with van der Waals surface area (Å²) in [7, 11) is -3.71. The van der Waals surface area contributed by atoms with Gasteiger partial charge in [-0.1, -0.05) is 25.3 Å². The highest BCUT2D eigenvalue weighted by atomic mass is 32.2. The molecule has 1 fully saturated rings. The van der Waals surface area contributed by atoms with Gasteiger partial charge in [-0.3, -0.25) is 0 Å². The Morgan fingerprint density at radius 2 is 1.59 bits per heavy atom. The van der Waals surface area contributed by atoms with Crippen LogP contribution < -0.4 is 10.0 Å². The maximum absolute atomic E-state index is 13.0. The lowest BCUT2D eigenvalue weighted by Crippen LogP contribution is -2.47. The van der Waals surface area contributed by atoms with Crippen LogP contribution in [0.2, 0.25) is 0 Å². The predicted octanol–water partition coefficient (Wildman–Crippen LogP) is 4.38. The van der Waals surface area contributed by atoms with Crippen molar-refractivity contribution in [3.05, 3.63) is 29.3 Å². The van der Waals surface area contributed by atoms with Crippen molar-refractivity contribution >= 4 is 22.1 Å².